The number of amides is 1. The lowest BCUT2D eigenvalue weighted by molar-refractivity contribution is -0.121. The topological polar surface area (TPSA) is 45.8 Å². The lowest BCUT2D eigenvalue weighted by Gasteiger charge is -2.04. The van der Waals surface area contributed by atoms with Crippen LogP contribution in [0.3, 0.4) is 0 Å². The van der Waals surface area contributed by atoms with E-state index in [-0.39, 0.29) is 11.7 Å². The Balaban J connectivity index is 1.89. The molecule has 1 amide bonds. The Morgan fingerprint density at radius 1 is 1.32 bits per heavy atom. The highest BCUT2D eigenvalue weighted by Crippen LogP contribution is 2.32. The predicted octanol–water partition coefficient (Wildman–Crippen LogP) is 3.62. The molecule has 112 valence electrons. The zero-order valence-electron chi connectivity index (χ0n) is 12.0. The average Bonchev–Trinajstić information content (AvgIpc) is 3.08. The molecule has 1 aliphatic rings. The molecule has 1 aliphatic heterocycles. The van der Waals surface area contributed by atoms with Gasteiger partial charge in [0.15, 0.2) is 5.17 Å². The number of amidine groups is 1. The van der Waals surface area contributed by atoms with Gasteiger partial charge in [0.2, 0.25) is 0 Å². The Morgan fingerprint density at radius 2 is 2.14 bits per heavy atom. The van der Waals surface area contributed by atoms with Crippen LogP contribution in [-0.2, 0) is 4.79 Å². The fourth-order valence-electron chi connectivity index (χ4n) is 2.11. The molecule has 1 fully saturated rings. The number of likely N-dealkylation sites (N-methyl/N-ethyl adjacent to an activating group) is 1. The van der Waals surface area contributed by atoms with Crippen LogP contribution in [0.5, 0.6) is 0 Å². The average molecular weight is 316 g/mol. The van der Waals surface area contributed by atoms with Gasteiger partial charge in [-0.05, 0) is 36.0 Å². The van der Waals surface area contributed by atoms with E-state index in [1.807, 2.05) is 0 Å². The summed E-state index contributed by atoms with van der Waals surface area (Å²) in [5.74, 6) is 0.662. The van der Waals surface area contributed by atoms with Gasteiger partial charge in [0.05, 0.1) is 4.91 Å². The summed E-state index contributed by atoms with van der Waals surface area (Å²) >= 11 is 1.30. The molecular formula is C16H13FN2O2S. The molecule has 1 aromatic carbocycles. The summed E-state index contributed by atoms with van der Waals surface area (Å²) in [6.07, 6.45) is 1.67. The number of halogens is 1. The van der Waals surface area contributed by atoms with E-state index in [1.165, 1.54) is 28.8 Å². The van der Waals surface area contributed by atoms with Crippen molar-refractivity contribution < 1.29 is 13.6 Å². The van der Waals surface area contributed by atoms with Gasteiger partial charge in [-0.3, -0.25) is 14.7 Å². The maximum absolute atomic E-state index is 13.2. The van der Waals surface area contributed by atoms with E-state index in [4.69, 9.17) is 4.42 Å². The quantitative estimate of drug-likeness (QED) is 0.795. The van der Waals surface area contributed by atoms with E-state index >= 15 is 0 Å². The second kappa shape index (κ2) is 5.81. The summed E-state index contributed by atoms with van der Waals surface area (Å²) in [7, 11) is 3.32. The predicted molar refractivity (Wildman–Crippen MR) is 85.8 cm³/mol. The summed E-state index contributed by atoms with van der Waals surface area (Å²) in [4.78, 5) is 18.1. The van der Waals surface area contributed by atoms with Crippen molar-refractivity contribution in [1.82, 2.24) is 4.90 Å². The van der Waals surface area contributed by atoms with Crippen molar-refractivity contribution in [2.45, 2.75) is 0 Å². The molecular weight excluding hydrogens is 303 g/mol. The highest BCUT2D eigenvalue weighted by molar-refractivity contribution is 8.18. The first kappa shape index (κ1) is 14.6. The minimum Gasteiger partial charge on any atom is -0.457 e. The molecule has 0 saturated carbocycles. The van der Waals surface area contributed by atoms with Crippen molar-refractivity contribution in [3.63, 3.8) is 0 Å². The zero-order valence-corrected chi connectivity index (χ0v) is 12.9. The number of rotatable bonds is 2. The number of carbonyl (C=O) groups excluding carboxylic acids is 1. The van der Waals surface area contributed by atoms with Crippen LogP contribution in [0.2, 0.25) is 0 Å². The third-order valence-electron chi connectivity index (χ3n) is 3.20. The number of nitrogens with zero attached hydrogens (tertiary/aromatic N) is 2. The minimum atomic E-state index is -0.319. The third-order valence-corrected chi connectivity index (χ3v) is 4.36. The van der Waals surface area contributed by atoms with Gasteiger partial charge in [-0.25, -0.2) is 4.39 Å². The SMILES string of the molecule is CN=C1S/C(=C\c2ccc(-c3cccc(F)c3)o2)C(=O)N1C. The van der Waals surface area contributed by atoms with Gasteiger partial charge in [-0.1, -0.05) is 12.1 Å². The van der Waals surface area contributed by atoms with Crippen LogP contribution in [0, 0.1) is 5.82 Å². The molecule has 3 rings (SSSR count). The summed E-state index contributed by atoms with van der Waals surface area (Å²) < 4.78 is 18.9. The van der Waals surface area contributed by atoms with E-state index < -0.39 is 0 Å². The van der Waals surface area contributed by atoms with E-state index in [1.54, 1.807) is 44.4 Å². The fourth-order valence-corrected chi connectivity index (χ4v) is 3.01. The number of furan rings is 1. The Morgan fingerprint density at radius 3 is 2.82 bits per heavy atom. The maximum Gasteiger partial charge on any atom is 0.266 e. The van der Waals surface area contributed by atoms with Crippen molar-refractivity contribution in [3.05, 3.63) is 52.9 Å². The van der Waals surface area contributed by atoms with Crippen LogP contribution in [0.15, 0.2) is 50.7 Å². The summed E-state index contributed by atoms with van der Waals surface area (Å²) in [6.45, 7) is 0. The number of hydrogen-bond donors (Lipinski definition) is 0. The molecule has 6 heteroatoms. The Labute approximate surface area is 131 Å². The number of benzene rings is 1. The van der Waals surface area contributed by atoms with Crippen molar-refractivity contribution in [2.24, 2.45) is 4.99 Å². The van der Waals surface area contributed by atoms with Crippen LogP contribution < -0.4 is 0 Å². The van der Waals surface area contributed by atoms with Gasteiger partial charge in [0, 0.05) is 25.7 Å². The van der Waals surface area contributed by atoms with Gasteiger partial charge in [0.1, 0.15) is 17.3 Å². The first-order valence-electron chi connectivity index (χ1n) is 6.58. The molecule has 22 heavy (non-hydrogen) atoms. The van der Waals surface area contributed by atoms with Gasteiger partial charge in [-0.15, -0.1) is 0 Å². The highest BCUT2D eigenvalue weighted by atomic mass is 32.2. The van der Waals surface area contributed by atoms with E-state index in [2.05, 4.69) is 4.99 Å². The lowest BCUT2D eigenvalue weighted by atomic mass is 10.2. The molecule has 0 N–H and O–H groups in total. The molecule has 0 atom stereocenters. The molecule has 0 radical (unpaired) electrons. The second-order valence-corrected chi connectivity index (χ2v) is 5.70. The van der Waals surface area contributed by atoms with Gasteiger partial charge >= 0.3 is 0 Å². The van der Waals surface area contributed by atoms with E-state index in [0.717, 1.165) is 0 Å². The van der Waals surface area contributed by atoms with Gasteiger partial charge in [-0.2, -0.15) is 0 Å². The van der Waals surface area contributed by atoms with Crippen LogP contribution >= 0.6 is 11.8 Å². The Bertz CT molecular complexity index is 795. The number of carbonyl (C=O) groups is 1. The van der Waals surface area contributed by atoms with Crippen molar-refractivity contribution >= 4 is 28.9 Å². The standard InChI is InChI=1S/C16H13FN2O2S/c1-18-16-19(2)15(20)14(22-16)9-12-6-7-13(21-12)10-4-3-5-11(17)8-10/h3-9H,1-2H3/b14-9-,18-16?. The van der Waals surface area contributed by atoms with E-state index in [0.29, 0.717) is 27.2 Å². The first-order chi connectivity index (χ1) is 10.6. The molecule has 4 nitrogen and oxygen atoms in total. The van der Waals surface area contributed by atoms with E-state index in [9.17, 15) is 9.18 Å². The molecule has 0 unspecified atom stereocenters. The fraction of sp³-hybridized carbons (Fsp3) is 0.125. The summed E-state index contributed by atoms with van der Waals surface area (Å²) in [5, 5.41) is 0.646. The van der Waals surface area contributed by atoms with Crippen LogP contribution in [0.25, 0.3) is 17.4 Å². The molecule has 0 spiro atoms. The molecule has 2 heterocycles. The van der Waals surface area contributed by atoms with Crippen molar-refractivity contribution in [2.75, 3.05) is 14.1 Å². The molecule has 1 saturated heterocycles. The van der Waals surface area contributed by atoms with Crippen molar-refractivity contribution in [1.29, 1.82) is 0 Å². The number of hydrogen-bond acceptors (Lipinski definition) is 4. The maximum atomic E-state index is 13.2. The van der Waals surface area contributed by atoms with Crippen LogP contribution in [0.4, 0.5) is 4.39 Å². The van der Waals surface area contributed by atoms with Crippen LogP contribution in [-0.4, -0.2) is 30.1 Å². The normalized spacial score (nSPS) is 18.7. The molecule has 0 bridgehead atoms. The summed E-state index contributed by atoms with van der Waals surface area (Å²) in [6, 6.07) is 9.68. The highest BCUT2D eigenvalue weighted by Gasteiger charge is 2.30. The Hall–Kier alpha value is -2.34. The molecule has 1 aromatic heterocycles. The smallest absolute Gasteiger partial charge is 0.266 e. The second-order valence-electron chi connectivity index (χ2n) is 4.69. The van der Waals surface area contributed by atoms with Gasteiger partial charge < -0.3 is 4.42 Å². The van der Waals surface area contributed by atoms with Crippen LogP contribution in [0.1, 0.15) is 5.76 Å². The third kappa shape index (κ3) is 2.69. The first-order valence-corrected chi connectivity index (χ1v) is 7.40. The monoisotopic (exact) mass is 316 g/mol. The molecule has 0 aliphatic carbocycles. The minimum absolute atomic E-state index is 0.116. The largest absolute Gasteiger partial charge is 0.457 e. The Kier molecular flexibility index (Phi) is 3.85. The molecule has 2 aromatic rings. The van der Waals surface area contributed by atoms with Crippen molar-refractivity contribution in [3.8, 4) is 11.3 Å². The number of aliphatic imine (C=N–C) groups is 1. The zero-order chi connectivity index (χ0) is 15.7. The van der Waals surface area contributed by atoms with Gasteiger partial charge in [0.25, 0.3) is 5.91 Å². The number of thioether (sulfide) groups is 1. The summed E-state index contributed by atoms with van der Waals surface area (Å²) in [5.41, 5.74) is 0.656. The lowest BCUT2D eigenvalue weighted by Crippen LogP contribution is -2.23.